The van der Waals surface area contributed by atoms with Crippen LogP contribution in [0.2, 0.25) is 0 Å². The number of ether oxygens (including phenoxy) is 1. The Hall–Kier alpha value is -0.940. The Balaban J connectivity index is 2.01. The highest BCUT2D eigenvalue weighted by Crippen LogP contribution is 2.17. The molecule has 0 saturated carbocycles. The minimum Gasteiger partial charge on any atom is -0.390 e. The lowest BCUT2D eigenvalue weighted by molar-refractivity contribution is 0.118. The lowest BCUT2D eigenvalue weighted by Gasteiger charge is -2.10. The molecule has 1 fully saturated rings. The van der Waals surface area contributed by atoms with Gasteiger partial charge < -0.3 is 9.84 Å². The minimum atomic E-state index is -0.350. The van der Waals surface area contributed by atoms with Crippen molar-refractivity contribution in [3.63, 3.8) is 0 Å². The fourth-order valence-corrected chi connectivity index (χ4v) is 1.52. The van der Waals surface area contributed by atoms with Crippen LogP contribution in [0.25, 0.3) is 0 Å². The molecular formula is C8H13N3O2. The SMILES string of the molecule is Cn1ncnc1C[C@@H]1COC[C@H]1O. The molecule has 0 amide bonds. The normalized spacial score (nSPS) is 28.2. The van der Waals surface area contributed by atoms with Gasteiger partial charge in [0.15, 0.2) is 0 Å². The lowest BCUT2D eigenvalue weighted by Crippen LogP contribution is -2.21. The quantitative estimate of drug-likeness (QED) is 0.663. The second-order valence-corrected chi connectivity index (χ2v) is 3.37. The van der Waals surface area contributed by atoms with Gasteiger partial charge in [0.2, 0.25) is 0 Å². The molecule has 1 aromatic rings. The summed E-state index contributed by atoms with van der Waals surface area (Å²) in [5.74, 6) is 1.07. The van der Waals surface area contributed by atoms with Crippen molar-refractivity contribution in [2.45, 2.75) is 12.5 Å². The summed E-state index contributed by atoms with van der Waals surface area (Å²) in [6.07, 6.45) is 1.91. The second-order valence-electron chi connectivity index (χ2n) is 3.37. The third kappa shape index (κ3) is 1.71. The molecule has 1 N–H and O–H groups in total. The molecule has 5 heteroatoms. The molecule has 2 heterocycles. The van der Waals surface area contributed by atoms with Gasteiger partial charge in [-0.1, -0.05) is 0 Å². The maximum atomic E-state index is 9.50. The van der Waals surface area contributed by atoms with E-state index in [1.54, 1.807) is 4.68 Å². The molecule has 2 atom stereocenters. The zero-order chi connectivity index (χ0) is 9.26. The topological polar surface area (TPSA) is 60.2 Å². The summed E-state index contributed by atoms with van der Waals surface area (Å²) in [6.45, 7) is 1.07. The largest absolute Gasteiger partial charge is 0.390 e. The van der Waals surface area contributed by atoms with Gasteiger partial charge in [-0.05, 0) is 0 Å². The van der Waals surface area contributed by atoms with Gasteiger partial charge in [-0.15, -0.1) is 0 Å². The van der Waals surface area contributed by atoms with Gasteiger partial charge in [0, 0.05) is 19.4 Å². The molecule has 72 valence electrons. The number of aryl methyl sites for hydroxylation is 1. The predicted octanol–water partition coefficient (Wildman–Crippen LogP) is -0.635. The first kappa shape index (κ1) is 8.65. The molecular weight excluding hydrogens is 170 g/mol. The highest BCUT2D eigenvalue weighted by Gasteiger charge is 2.27. The molecule has 0 radical (unpaired) electrons. The van der Waals surface area contributed by atoms with E-state index in [0.29, 0.717) is 13.2 Å². The van der Waals surface area contributed by atoms with E-state index in [9.17, 15) is 5.11 Å². The highest BCUT2D eigenvalue weighted by molar-refractivity contribution is 4.90. The molecule has 0 aromatic carbocycles. The van der Waals surface area contributed by atoms with Gasteiger partial charge in [-0.25, -0.2) is 4.98 Å². The minimum absolute atomic E-state index is 0.169. The van der Waals surface area contributed by atoms with Crippen LogP contribution in [0.4, 0.5) is 0 Å². The van der Waals surface area contributed by atoms with Crippen LogP contribution in [0.5, 0.6) is 0 Å². The Morgan fingerprint density at radius 1 is 1.69 bits per heavy atom. The van der Waals surface area contributed by atoms with Gasteiger partial charge in [0.05, 0.1) is 19.3 Å². The molecule has 1 aliphatic heterocycles. The molecule has 1 saturated heterocycles. The standard InChI is InChI=1S/C8H13N3O2/c1-11-8(9-5-10-11)2-6-3-13-4-7(6)12/h5-7,12H,2-4H2,1H3/t6-,7-/m1/s1. The maximum Gasteiger partial charge on any atom is 0.138 e. The molecule has 0 aliphatic carbocycles. The lowest BCUT2D eigenvalue weighted by atomic mass is 10.0. The van der Waals surface area contributed by atoms with Crippen LogP contribution in [0, 0.1) is 5.92 Å². The molecule has 0 unspecified atom stereocenters. The molecule has 0 bridgehead atoms. The van der Waals surface area contributed by atoms with E-state index in [2.05, 4.69) is 10.1 Å². The number of aliphatic hydroxyl groups excluding tert-OH is 1. The Morgan fingerprint density at radius 3 is 3.08 bits per heavy atom. The number of aliphatic hydroxyl groups is 1. The van der Waals surface area contributed by atoms with Crippen molar-refractivity contribution in [3.8, 4) is 0 Å². The van der Waals surface area contributed by atoms with Crippen molar-refractivity contribution in [2.24, 2.45) is 13.0 Å². The van der Waals surface area contributed by atoms with E-state index in [-0.39, 0.29) is 12.0 Å². The third-order valence-corrected chi connectivity index (χ3v) is 2.41. The molecule has 5 nitrogen and oxygen atoms in total. The van der Waals surface area contributed by atoms with Gasteiger partial charge in [0.25, 0.3) is 0 Å². The molecule has 0 spiro atoms. The Bertz CT molecular complexity index is 287. The molecule has 2 rings (SSSR count). The van der Waals surface area contributed by atoms with Crippen LogP contribution in [0.3, 0.4) is 0 Å². The van der Waals surface area contributed by atoms with Crippen molar-refractivity contribution in [1.82, 2.24) is 14.8 Å². The average molecular weight is 183 g/mol. The average Bonchev–Trinajstić information content (AvgIpc) is 2.65. The summed E-state index contributed by atoms with van der Waals surface area (Å²) in [7, 11) is 1.85. The Labute approximate surface area is 76.3 Å². The van der Waals surface area contributed by atoms with Crippen LogP contribution >= 0.6 is 0 Å². The molecule has 13 heavy (non-hydrogen) atoms. The fraction of sp³-hybridized carbons (Fsp3) is 0.750. The third-order valence-electron chi connectivity index (χ3n) is 2.41. The number of hydrogen-bond donors (Lipinski definition) is 1. The fourth-order valence-electron chi connectivity index (χ4n) is 1.52. The van der Waals surface area contributed by atoms with Crippen molar-refractivity contribution in [2.75, 3.05) is 13.2 Å². The highest BCUT2D eigenvalue weighted by atomic mass is 16.5. The predicted molar refractivity (Wildman–Crippen MR) is 45.0 cm³/mol. The first-order chi connectivity index (χ1) is 6.27. The molecule has 1 aliphatic rings. The van der Waals surface area contributed by atoms with Crippen LogP contribution in [-0.2, 0) is 18.2 Å². The van der Waals surface area contributed by atoms with E-state index in [4.69, 9.17) is 4.74 Å². The first-order valence-electron chi connectivity index (χ1n) is 4.36. The van der Waals surface area contributed by atoms with Crippen LogP contribution < -0.4 is 0 Å². The van der Waals surface area contributed by atoms with E-state index in [0.717, 1.165) is 12.2 Å². The smallest absolute Gasteiger partial charge is 0.138 e. The van der Waals surface area contributed by atoms with Crippen molar-refractivity contribution >= 4 is 0 Å². The van der Waals surface area contributed by atoms with Gasteiger partial charge in [-0.3, -0.25) is 4.68 Å². The van der Waals surface area contributed by atoms with E-state index >= 15 is 0 Å². The first-order valence-corrected chi connectivity index (χ1v) is 4.36. The zero-order valence-corrected chi connectivity index (χ0v) is 7.55. The van der Waals surface area contributed by atoms with Crippen LogP contribution in [0.15, 0.2) is 6.33 Å². The Morgan fingerprint density at radius 2 is 2.54 bits per heavy atom. The van der Waals surface area contributed by atoms with E-state index < -0.39 is 0 Å². The summed E-state index contributed by atoms with van der Waals surface area (Å²) in [6, 6.07) is 0. The van der Waals surface area contributed by atoms with Gasteiger partial charge in [0.1, 0.15) is 12.2 Å². The maximum absolute atomic E-state index is 9.50. The summed E-state index contributed by atoms with van der Waals surface area (Å²) in [5, 5.41) is 13.5. The zero-order valence-electron chi connectivity index (χ0n) is 7.55. The van der Waals surface area contributed by atoms with Crippen LogP contribution in [-0.4, -0.2) is 39.2 Å². The summed E-state index contributed by atoms with van der Waals surface area (Å²) < 4.78 is 6.88. The van der Waals surface area contributed by atoms with Crippen molar-refractivity contribution in [3.05, 3.63) is 12.2 Å². The number of rotatable bonds is 2. The monoisotopic (exact) mass is 183 g/mol. The van der Waals surface area contributed by atoms with Gasteiger partial charge in [-0.2, -0.15) is 5.10 Å². The molecule has 1 aromatic heterocycles. The van der Waals surface area contributed by atoms with Crippen LogP contribution in [0.1, 0.15) is 5.82 Å². The number of hydrogen-bond acceptors (Lipinski definition) is 4. The van der Waals surface area contributed by atoms with E-state index in [1.165, 1.54) is 6.33 Å². The second kappa shape index (κ2) is 3.43. The number of nitrogens with zero attached hydrogens (tertiary/aromatic N) is 3. The van der Waals surface area contributed by atoms with Crippen molar-refractivity contribution < 1.29 is 9.84 Å². The van der Waals surface area contributed by atoms with Gasteiger partial charge >= 0.3 is 0 Å². The summed E-state index contributed by atoms with van der Waals surface area (Å²) in [5.41, 5.74) is 0. The number of aromatic nitrogens is 3. The Kier molecular flexibility index (Phi) is 2.28. The summed E-state index contributed by atoms with van der Waals surface area (Å²) >= 11 is 0. The van der Waals surface area contributed by atoms with Crippen molar-refractivity contribution in [1.29, 1.82) is 0 Å². The summed E-state index contributed by atoms with van der Waals surface area (Å²) in [4.78, 5) is 4.10. The van der Waals surface area contributed by atoms with E-state index in [1.807, 2.05) is 7.05 Å².